The lowest BCUT2D eigenvalue weighted by molar-refractivity contribution is 0.0846. The van der Waals surface area contributed by atoms with Crippen molar-refractivity contribution >= 4 is 27.5 Å². The minimum absolute atomic E-state index is 0.00214. The van der Waals surface area contributed by atoms with Gasteiger partial charge < -0.3 is 4.74 Å². The van der Waals surface area contributed by atoms with E-state index in [1.165, 1.54) is 43.5 Å². The Balaban J connectivity index is 1.72. The third-order valence-corrected chi connectivity index (χ3v) is 5.52. The average Bonchev–Trinajstić information content (AvgIpc) is 2.78. The van der Waals surface area contributed by atoms with E-state index in [0.717, 1.165) is 18.2 Å². The van der Waals surface area contributed by atoms with E-state index in [1.807, 2.05) is 0 Å². The van der Waals surface area contributed by atoms with Crippen molar-refractivity contribution in [2.45, 2.75) is 4.90 Å². The van der Waals surface area contributed by atoms with E-state index in [2.05, 4.69) is 15.6 Å². The van der Waals surface area contributed by atoms with Gasteiger partial charge in [-0.05, 0) is 54.6 Å². The first-order valence-electron chi connectivity index (χ1n) is 8.92. The van der Waals surface area contributed by atoms with Crippen LogP contribution in [0.5, 0.6) is 5.75 Å². The second kappa shape index (κ2) is 9.26. The van der Waals surface area contributed by atoms with Crippen LogP contribution in [0.4, 0.5) is 10.1 Å². The van der Waals surface area contributed by atoms with E-state index in [1.54, 1.807) is 18.2 Å². The van der Waals surface area contributed by atoms with Gasteiger partial charge in [-0.2, -0.15) is 0 Å². The molecule has 0 aliphatic heterocycles. The Kier molecular flexibility index (Phi) is 6.51. The summed E-state index contributed by atoms with van der Waals surface area (Å²) in [5, 5.41) is 0. The number of carbonyl (C=O) groups excluding carboxylic acids is 2. The van der Waals surface area contributed by atoms with Crippen LogP contribution in [-0.4, -0.2) is 27.3 Å². The lowest BCUT2D eigenvalue weighted by Gasteiger charge is -2.12. The largest absolute Gasteiger partial charge is 0.495 e. The van der Waals surface area contributed by atoms with Crippen molar-refractivity contribution in [3.05, 3.63) is 89.7 Å². The Labute approximate surface area is 178 Å². The molecule has 0 heterocycles. The number of rotatable bonds is 6. The highest BCUT2D eigenvalue weighted by Crippen LogP contribution is 2.26. The van der Waals surface area contributed by atoms with Gasteiger partial charge in [-0.25, -0.2) is 12.8 Å². The van der Waals surface area contributed by atoms with Crippen molar-refractivity contribution in [1.82, 2.24) is 10.9 Å². The van der Waals surface area contributed by atoms with Crippen molar-refractivity contribution < 1.29 is 27.1 Å². The molecule has 3 aromatic carbocycles. The summed E-state index contributed by atoms with van der Waals surface area (Å²) in [6.45, 7) is 0. The summed E-state index contributed by atoms with van der Waals surface area (Å²) < 4.78 is 45.9. The number of para-hydroxylation sites is 2. The highest BCUT2D eigenvalue weighted by Gasteiger charge is 2.18. The summed E-state index contributed by atoms with van der Waals surface area (Å²) in [6, 6.07) is 16.5. The quantitative estimate of drug-likeness (QED) is 0.507. The van der Waals surface area contributed by atoms with E-state index < -0.39 is 27.7 Å². The number of amides is 2. The molecule has 2 amide bonds. The Bertz CT molecular complexity index is 1210. The summed E-state index contributed by atoms with van der Waals surface area (Å²) >= 11 is 0. The predicted molar refractivity (Wildman–Crippen MR) is 112 cm³/mol. The number of nitrogens with one attached hydrogen (secondary N) is 3. The molecule has 0 radical (unpaired) electrons. The normalized spacial score (nSPS) is 10.8. The second-order valence-electron chi connectivity index (χ2n) is 6.25. The van der Waals surface area contributed by atoms with Gasteiger partial charge in [-0.3, -0.25) is 25.2 Å². The van der Waals surface area contributed by atoms with E-state index in [4.69, 9.17) is 4.74 Å². The molecule has 31 heavy (non-hydrogen) atoms. The molecule has 0 saturated carbocycles. The molecule has 0 aliphatic rings. The van der Waals surface area contributed by atoms with Gasteiger partial charge in [0.2, 0.25) is 0 Å². The summed E-state index contributed by atoms with van der Waals surface area (Å²) in [5.74, 6) is -1.55. The van der Waals surface area contributed by atoms with Crippen LogP contribution in [0.25, 0.3) is 0 Å². The van der Waals surface area contributed by atoms with Crippen LogP contribution in [0.2, 0.25) is 0 Å². The van der Waals surface area contributed by atoms with Gasteiger partial charge in [0.05, 0.1) is 17.7 Å². The number of methoxy groups -OCH3 is 1. The van der Waals surface area contributed by atoms with Crippen LogP contribution in [0.15, 0.2) is 77.7 Å². The molecule has 0 unspecified atom stereocenters. The number of hydrogen-bond donors (Lipinski definition) is 3. The van der Waals surface area contributed by atoms with Crippen molar-refractivity contribution in [2.24, 2.45) is 0 Å². The molecule has 0 aliphatic carbocycles. The number of ether oxygens (including phenoxy) is 1. The number of halogens is 1. The Hall–Kier alpha value is -3.92. The first kappa shape index (κ1) is 21.8. The molecule has 160 valence electrons. The Morgan fingerprint density at radius 2 is 1.48 bits per heavy atom. The Morgan fingerprint density at radius 1 is 0.839 bits per heavy atom. The van der Waals surface area contributed by atoms with E-state index in [9.17, 15) is 22.4 Å². The molecule has 0 aromatic heterocycles. The van der Waals surface area contributed by atoms with Crippen molar-refractivity contribution in [2.75, 3.05) is 11.8 Å². The highest BCUT2D eigenvalue weighted by atomic mass is 32.2. The maximum absolute atomic E-state index is 12.9. The number of carbonyl (C=O) groups is 2. The van der Waals surface area contributed by atoms with Gasteiger partial charge in [-0.15, -0.1) is 0 Å². The Morgan fingerprint density at radius 3 is 2.16 bits per heavy atom. The fraction of sp³-hybridized carbons (Fsp3) is 0.0476. The number of hydrogen-bond acceptors (Lipinski definition) is 5. The molecule has 3 rings (SSSR count). The van der Waals surface area contributed by atoms with Gasteiger partial charge in [0, 0.05) is 11.1 Å². The molecule has 0 spiro atoms. The zero-order chi connectivity index (χ0) is 22.4. The second-order valence-corrected chi connectivity index (χ2v) is 7.93. The maximum atomic E-state index is 12.9. The molecule has 10 heteroatoms. The van der Waals surface area contributed by atoms with Crippen LogP contribution in [-0.2, 0) is 10.0 Å². The minimum Gasteiger partial charge on any atom is -0.495 e. The minimum atomic E-state index is -4.01. The van der Waals surface area contributed by atoms with Crippen LogP contribution >= 0.6 is 0 Å². The summed E-state index contributed by atoms with van der Waals surface area (Å²) in [5.41, 5.74) is 4.76. The predicted octanol–water partition coefficient (Wildman–Crippen LogP) is 2.71. The highest BCUT2D eigenvalue weighted by molar-refractivity contribution is 7.92. The topological polar surface area (TPSA) is 114 Å². The summed E-state index contributed by atoms with van der Waals surface area (Å²) in [6.07, 6.45) is 0. The lowest BCUT2D eigenvalue weighted by atomic mass is 10.2. The molecule has 3 aromatic rings. The number of anilines is 1. The van der Waals surface area contributed by atoms with Gasteiger partial charge in [0.15, 0.2) is 0 Å². The molecule has 8 nitrogen and oxygen atoms in total. The molecule has 0 bridgehead atoms. The van der Waals surface area contributed by atoms with E-state index >= 15 is 0 Å². The molecule has 3 N–H and O–H groups in total. The van der Waals surface area contributed by atoms with Gasteiger partial charge >= 0.3 is 0 Å². The summed E-state index contributed by atoms with van der Waals surface area (Å²) in [4.78, 5) is 24.2. The number of benzene rings is 3. The van der Waals surface area contributed by atoms with Crippen molar-refractivity contribution in [3.63, 3.8) is 0 Å². The van der Waals surface area contributed by atoms with Crippen LogP contribution in [0, 0.1) is 5.82 Å². The van der Waals surface area contributed by atoms with Gasteiger partial charge in [0.25, 0.3) is 21.8 Å². The third-order valence-electron chi connectivity index (χ3n) is 4.15. The molecular formula is C21H18FN3O5S. The third kappa shape index (κ3) is 5.37. The van der Waals surface area contributed by atoms with E-state index in [0.29, 0.717) is 5.75 Å². The standard InChI is InChI=1S/C21H18FN3O5S/c1-30-19-8-3-2-7-18(19)25-31(28,29)17-6-4-5-15(13-17)21(27)24-23-20(26)14-9-11-16(22)12-10-14/h2-13,25H,1H3,(H,23,26)(H,24,27). The lowest BCUT2D eigenvalue weighted by Crippen LogP contribution is -2.41. The number of hydrazine groups is 1. The molecule has 0 atom stereocenters. The summed E-state index contributed by atoms with van der Waals surface area (Å²) in [7, 11) is -2.60. The molecule has 0 fully saturated rings. The number of sulfonamides is 1. The van der Waals surface area contributed by atoms with Crippen molar-refractivity contribution in [3.8, 4) is 5.75 Å². The van der Waals surface area contributed by atoms with E-state index in [-0.39, 0.29) is 21.7 Å². The smallest absolute Gasteiger partial charge is 0.269 e. The van der Waals surface area contributed by atoms with Crippen LogP contribution in [0.3, 0.4) is 0 Å². The SMILES string of the molecule is COc1ccccc1NS(=O)(=O)c1cccc(C(=O)NNC(=O)c2ccc(F)cc2)c1. The van der Waals surface area contributed by atoms with Crippen LogP contribution < -0.4 is 20.3 Å². The zero-order valence-corrected chi connectivity index (χ0v) is 17.1. The fourth-order valence-corrected chi connectivity index (χ4v) is 3.71. The molecule has 0 saturated heterocycles. The van der Waals surface area contributed by atoms with Crippen molar-refractivity contribution in [1.29, 1.82) is 0 Å². The first-order valence-corrected chi connectivity index (χ1v) is 10.4. The molecular weight excluding hydrogens is 425 g/mol. The monoisotopic (exact) mass is 443 g/mol. The van der Waals surface area contributed by atoms with Gasteiger partial charge in [0.1, 0.15) is 11.6 Å². The van der Waals surface area contributed by atoms with Gasteiger partial charge in [-0.1, -0.05) is 18.2 Å². The fourth-order valence-electron chi connectivity index (χ4n) is 2.60. The average molecular weight is 443 g/mol. The zero-order valence-electron chi connectivity index (χ0n) is 16.3. The first-order chi connectivity index (χ1) is 14.8. The maximum Gasteiger partial charge on any atom is 0.269 e. The van der Waals surface area contributed by atoms with Crippen LogP contribution in [0.1, 0.15) is 20.7 Å².